The van der Waals surface area contributed by atoms with Gasteiger partial charge in [-0.25, -0.2) is 0 Å². The summed E-state index contributed by atoms with van der Waals surface area (Å²) in [6.07, 6.45) is -0.796. The van der Waals surface area contributed by atoms with Crippen LogP contribution in [0.2, 0.25) is 0 Å². The van der Waals surface area contributed by atoms with E-state index in [-0.39, 0.29) is 13.2 Å². The van der Waals surface area contributed by atoms with E-state index in [9.17, 15) is 5.11 Å². The minimum Gasteiger partial charge on any atom is -0.494 e. The normalized spacial score (nSPS) is 12.0. The highest BCUT2D eigenvalue weighted by atomic mass is 16.5. The second-order valence-corrected chi connectivity index (χ2v) is 3.74. The van der Waals surface area contributed by atoms with E-state index in [0.29, 0.717) is 19.0 Å². The molecule has 0 bridgehead atoms. The third-order valence-corrected chi connectivity index (χ3v) is 2.30. The van der Waals surface area contributed by atoms with E-state index in [1.54, 1.807) is 0 Å². The van der Waals surface area contributed by atoms with E-state index in [2.05, 4.69) is 5.32 Å². The molecular weight excluding hydrogens is 234 g/mol. The van der Waals surface area contributed by atoms with Gasteiger partial charge < -0.3 is 25.0 Å². The standard InChI is InChI=1S/C13H21NO4/c1-3-17-11-5-6-13(18-4-2)12(7-11)14-8-10(16)9-15/h5-7,10,14-16H,3-4,8-9H2,1-2H3/t10-/m0/s1. The van der Waals surface area contributed by atoms with Crippen LogP contribution in [-0.4, -0.2) is 42.7 Å². The van der Waals surface area contributed by atoms with Crippen LogP contribution in [0.25, 0.3) is 0 Å². The molecule has 102 valence electrons. The Morgan fingerprint density at radius 2 is 1.94 bits per heavy atom. The second-order valence-electron chi connectivity index (χ2n) is 3.74. The van der Waals surface area contributed by atoms with Crippen molar-refractivity contribution in [3.8, 4) is 11.5 Å². The molecule has 0 aromatic heterocycles. The van der Waals surface area contributed by atoms with Gasteiger partial charge in [0, 0.05) is 12.6 Å². The predicted octanol–water partition coefficient (Wildman–Crippen LogP) is 1.25. The van der Waals surface area contributed by atoms with Gasteiger partial charge in [-0.05, 0) is 26.0 Å². The van der Waals surface area contributed by atoms with Crippen molar-refractivity contribution in [2.45, 2.75) is 20.0 Å². The number of benzene rings is 1. The fourth-order valence-electron chi connectivity index (χ4n) is 1.48. The van der Waals surface area contributed by atoms with Gasteiger partial charge in [-0.3, -0.25) is 0 Å². The highest BCUT2D eigenvalue weighted by Gasteiger charge is 2.08. The summed E-state index contributed by atoms with van der Waals surface area (Å²) in [5, 5.41) is 21.1. The summed E-state index contributed by atoms with van der Waals surface area (Å²) >= 11 is 0. The lowest BCUT2D eigenvalue weighted by atomic mass is 10.2. The van der Waals surface area contributed by atoms with Crippen LogP contribution in [0.1, 0.15) is 13.8 Å². The number of rotatable bonds is 8. The van der Waals surface area contributed by atoms with Crippen LogP contribution in [0, 0.1) is 0 Å². The first-order valence-electron chi connectivity index (χ1n) is 6.13. The first-order chi connectivity index (χ1) is 8.71. The summed E-state index contributed by atoms with van der Waals surface area (Å²) in [4.78, 5) is 0. The molecule has 1 rings (SSSR count). The van der Waals surface area contributed by atoms with Crippen LogP contribution in [0.4, 0.5) is 5.69 Å². The van der Waals surface area contributed by atoms with Gasteiger partial charge in [-0.2, -0.15) is 0 Å². The van der Waals surface area contributed by atoms with E-state index in [0.717, 1.165) is 11.4 Å². The summed E-state index contributed by atoms with van der Waals surface area (Å²) < 4.78 is 10.9. The van der Waals surface area contributed by atoms with E-state index >= 15 is 0 Å². The van der Waals surface area contributed by atoms with E-state index in [1.165, 1.54) is 0 Å². The number of aliphatic hydroxyl groups is 2. The van der Waals surface area contributed by atoms with Crippen molar-refractivity contribution in [3.05, 3.63) is 18.2 Å². The third kappa shape index (κ3) is 4.43. The van der Waals surface area contributed by atoms with Gasteiger partial charge in [0.2, 0.25) is 0 Å². The zero-order valence-electron chi connectivity index (χ0n) is 10.8. The quantitative estimate of drug-likeness (QED) is 0.652. The minimum absolute atomic E-state index is 0.256. The van der Waals surface area contributed by atoms with Crippen molar-refractivity contribution >= 4 is 5.69 Å². The number of hydrogen-bond donors (Lipinski definition) is 3. The maximum Gasteiger partial charge on any atom is 0.142 e. The van der Waals surface area contributed by atoms with Crippen molar-refractivity contribution in [1.29, 1.82) is 0 Å². The first-order valence-corrected chi connectivity index (χ1v) is 6.13. The lowest BCUT2D eigenvalue weighted by Gasteiger charge is -2.15. The number of nitrogens with one attached hydrogen (secondary N) is 1. The van der Waals surface area contributed by atoms with Crippen molar-refractivity contribution in [2.24, 2.45) is 0 Å². The molecule has 1 aromatic rings. The molecule has 0 unspecified atom stereocenters. The monoisotopic (exact) mass is 255 g/mol. The van der Waals surface area contributed by atoms with Crippen LogP contribution in [0.3, 0.4) is 0 Å². The van der Waals surface area contributed by atoms with Crippen LogP contribution < -0.4 is 14.8 Å². The maximum atomic E-state index is 9.33. The Bertz CT molecular complexity index is 357. The largest absolute Gasteiger partial charge is 0.494 e. The van der Waals surface area contributed by atoms with E-state index < -0.39 is 6.10 Å². The lowest BCUT2D eigenvalue weighted by Crippen LogP contribution is -2.23. The molecule has 0 aliphatic rings. The molecule has 18 heavy (non-hydrogen) atoms. The Morgan fingerprint density at radius 3 is 2.56 bits per heavy atom. The number of anilines is 1. The lowest BCUT2D eigenvalue weighted by molar-refractivity contribution is 0.105. The number of hydrogen-bond acceptors (Lipinski definition) is 5. The summed E-state index contributed by atoms with van der Waals surface area (Å²) in [6.45, 7) is 4.95. The zero-order chi connectivity index (χ0) is 13.4. The molecule has 0 saturated heterocycles. The van der Waals surface area contributed by atoms with Crippen LogP contribution in [0.5, 0.6) is 11.5 Å². The van der Waals surface area contributed by atoms with Crippen LogP contribution in [-0.2, 0) is 0 Å². The summed E-state index contributed by atoms with van der Waals surface area (Å²) in [7, 11) is 0. The average molecular weight is 255 g/mol. The molecule has 1 atom stereocenters. The molecule has 5 nitrogen and oxygen atoms in total. The first kappa shape index (κ1) is 14.6. The van der Waals surface area contributed by atoms with Gasteiger partial charge in [0.1, 0.15) is 11.5 Å². The SMILES string of the molecule is CCOc1ccc(OCC)c(NC[C@H](O)CO)c1. The van der Waals surface area contributed by atoms with Crippen LogP contribution >= 0.6 is 0 Å². The Balaban J connectivity index is 2.78. The third-order valence-electron chi connectivity index (χ3n) is 2.30. The number of aliphatic hydroxyl groups excluding tert-OH is 2. The van der Waals surface area contributed by atoms with Gasteiger partial charge in [-0.1, -0.05) is 0 Å². The Labute approximate surface area is 107 Å². The molecule has 0 radical (unpaired) electrons. The number of ether oxygens (including phenoxy) is 2. The Kier molecular flexibility index (Phi) is 6.32. The van der Waals surface area contributed by atoms with E-state index in [1.807, 2.05) is 32.0 Å². The Morgan fingerprint density at radius 1 is 1.22 bits per heavy atom. The average Bonchev–Trinajstić information content (AvgIpc) is 2.39. The molecule has 0 heterocycles. The molecule has 1 aromatic carbocycles. The van der Waals surface area contributed by atoms with Crippen molar-refractivity contribution < 1.29 is 19.7 Å². The Hall–Kier alpha value is -1.46. The van der Waals surface area contributed by atoms with Crippen molar-refractivity contribution in [2.75, 3.05) is 31.7 Å². The van der Waals surface area contributed by atoms with Crippen molar-refractivity contribution in [3.63, 3.8) is 0 Å². The molecule has 3 N–H and O–H groups in total. The molecule has 5 heteroatoms. The topological polar surface area (TPSA) is 71.0 Å². The molecule has 0 fully saturated rings. The maximum absolute atomic E-state index is 9.33. The van der Waals surface area contributed by atoms with Gasteiger partial charge in [-0.15, -0.1) is 0 Å². The smallest absolute Gasteiger partial charge is 0.142 e. The summed E-state index contributed by atoms with van der Waals surface area (Å²) in [5.74, 6) is 1.44. The van der Waals surface area contributed by atoms with Crippen molar-refractivity contribution in [1.82, 2.24) is 0 Å². The van der Waals surface area contributed by atoms with Crippen LogP contribution in [0.15, 0.2) is 18.2 Å². The minimum atomic E-state index is -0.796. The molecule has 0 saturated carbocycles. The fraction of sp³-hybridized carbons (Fsp3) is 0.538. The summed E-state index contributed by atoms with van der Waals surface area (Å²) in [5.41, 5.74) is 0.746. The zero-order valence-corrected chi connectivity index (χ0v) is 10.8. The highest BCUT2D eigenvalue weighted by molar-refractivity contribution is 5.59. The molecule has 0 amide bonds. The summed E-state index contributed by atoms with van der Waals surface area (Å²) in [6, 6.07) is 5.48. The van der Waals surface area contributed by atoms with E-state index in [4.69, 9.17) is 14.6 Å². The molecule has 0 aliphatic heterocycles. The molecule has 0 spiro atoms. The molecule has 0 aliphatic carbocycles. The highest BCUT2D eigenvalue weighted by Crippen LogP contribution is 2.29. The van der Waals surface area contributed by atoms with Gasteiger partial charge in [0.05, 0.1) is 31.6 Å². The fourth-order valence-corrected chi connectivity index (χ4v) is 1.48. The van der Waals surface area contributed by atoms with Gasteiger partial charge >= 0.3 is 0 Å². The van der Waals surface area contributed by atoms with Gasteiger partial charge in [0.15, 0.2) is 0 Å². The predicted molar refractivity (Wildman–Crippen MR) is 70.4 cm³/mol. The molecular formula is C13H21NO4. The second kappa shape index (κ2) is 7.79. The van der Waals surface area contributed by atoms with Gasteiger partial charge in [0.25, 0.3) is 0 Å².